The van der Waals surface area contributed by atoms with Gasteiger partial charge in [-0.2, -0.15) is 5.10 Å². The van der Waals surface area contributed by atoms with Crippen LogP contribution in [0.1, 0.15) is 27.3 Å². The fraction of sp³-hybridized carbons (Fsp3) is 0.273. The lowest BCUT2D eigenvalue weighted by molar-refractivity contribution is 0.0774. The van der Waals surface area contributed by atoms with E-state index in [4.69, 9.17) is 4.74 Å². The molecule has 3 rings (SSSR count). The minimum atomic E-state index is -0.0255. The topological polar surface area (TPSA) is 47.4 Å². The number of benzene rings is 2. The molecule has 0 atom stereocenters. The maximum atomic E-state index is 12.6. The molecule has 3 aromatic rings. The quantitative estimate of drug-likeness (QED) is 0.666. The maximum Gasteiger partial charge on any atom is 0.253 e. The van der Waals surface area contributed by atoms with Crippen LogP contribution in [0.3, 0.4) is 0 Å². The average Bonchev–Trinajstić information content (AvgIpc) is 3.01. The third kappa shape index (κ3) is 4.56. The molecule has 2 aromatic carbocycles. The van der Waals surface area contributed by atoms with Crippen LogP contribution in [-0.2, 0) is 0 Å². The van der Waals surface area contributed by atoms with Crippen LogP contribution < -0.4 is 4.74 Å². The van der Waals surface area contributed by atoms with Crippen molar-refractivity contribution < 1.29 is 9.53 Å². The number of hydrogen-bond donors (Lipinski definition) is 0. The molecule has 0 aliphatic rings. The van der Waals surface area contributed by atoms with Crippen molar-refractivity contribution in [1.82, 2.24) is 14.7 Å². The van der Waals surface area contributed by atoms with E-state index in [1.54, 1.807) is 11.9 Å². The van der Waals surface area contributed by atoms with Gasteiger partial charge in [-0.1, -0.05) is 17.7 Å². The zero-order valence-electron chi connectivity index (χ0n) is 16.3. The highest BCUT2D eigenvalue weighted by Crippen LogP contribution is 2.14. The summed E-state index contributed by atoms with van der Waals surface area (Å²) in [5.41, 5.74) is 4.83. The van der Waals surface area contributed by atoms with Crippen LogP contribution in [-0.4, -0.2) is 40.8 Å². The summed E-state index contributed by atoms with van der Waals surface area (Å²) < 4.78 is 7.58. The fourth-order valence-electron chi connectivity index (χ4n) is 2.89. The first kappa shape index (κ1) is 18.7. The molecule has 5 heteroatoms. The second-order valence-corrected chi connectivity index (χ2v) is 6.77. The van der Waals surface area contributed by atoms with Crippen LogP contribution >= 0.6 is 0 Å². The van der Waals surface area contributed by atoms with Crippen LogP contribution in [0.2, 0.25) is 0 Å². The molecule has 1 heterocycles. The van der Waals surface area contributed by atoms with Crippen LogP contribution in [0.25, 0.3) is 5.69 Å². The largest absolute Gasteiger partial charge is 0.492 e. The lowest BCUT2D eigenvalue weighted by Crippen LogP contribution is -2.30. The van der Waals surface area contributed by atoms with Gasteiger partial charge in [-0.05, 0) is 63.2 Å². The van der Waals surface area contributed by atoms with Crippen molar-refractivity contribution in [3.8, 4) is 11.4 Å². The number of carbonyl (C=O) groups is 1. The van der Waals surface area contributed by atoms with E-state index in [2.05, 4.69) is 5.10 Å². The van der Waals surface area contributed by atoms with E-state index in [1.165, 1.54) is 5.56 Å². The van der Waals surface area contributed by atoms with Crippen molar-refractivity contribution in [2.24, 2.45) is 0 Å². The van der Waals surface area contributed by atoms with Crippen molar-refractivity contribution in [2.75, 3.05) is 20.2 Å². The van der Waals surface area contributed by atoms with Crippen molar-refractivity contribution in [3.05, 3.63) is 77.1 Å². The molecule has 0 saturated heterocycles. The summed E-state index contributed by atoms with van der Waals surface area (Å²) in [5.74, 6) is 0.790. The maximum absolute atomic E-state index is 12.6. The Kier molecular flexibility index (Phi) is 5.60. The highest BCUT2D eigenvalue weighted by atomic mass is 16.5. The number of aromatic nitrogens is 2. The van der Waals surface area contributed by atoms with Gasteiger partial charge in [0.15, 0.2) is 0 Å². The number of hydrogen-bond acceptors (Lipinski definition) is 3. The van der Waals surface area contributed by atoms with Gasteiger partial charge in [0.1, 0.15) is 12.4 Å². The summed E-state index contributed by atoms with van der Waals surface area (Å²) in [6, 6.07) is 17.4. The second-order valence-electron chi connectivity index (χ2n) is 6.77. The summed E-state index contributed by atoms with van der Waals surface area (Å²) in [7, 11) is 1.79. The Morgan fingerprint density at radius 3 is 2.30 bits per heavy atom. The van der Waals surface area contributed by atoms with Crippen molar-refractivity contribution in [1.29, 1.82) is 0 Å². The predicted molar refractivity (Wildman–Crippen MR) is 107 cm³/mol. The van der Waals surface area contributed by atoms with E-state index < -0.39 is 0 Å². The molecule has 0 N–H and O–H groups in total. The first-order valence-corrected chi connectivity index (χ1v) is 9.02. The molecular formula is C22H25N3O2. The van der Waals surface area contributed by atoms with Gasteiger partial charge in [0.05, 0.1) is 17.9 Å². The molecule has 1 aromatic heterocycles. The van der Waals surface area contributed by atoms with E-state index in [9.17, 15) is 4.79 Å². The number of nitrogens with zero attached hydrogens (tertiary/aromatic N) is 3. The van der Waals surface area contributed by atoms with Crippen molar-refractivity contribution in [2.45, 2.75) is 20.8 Å². The van der Waals surface area contributed by atoms with Crippen LogP contribution in [0.15, 0.2) is 54.6 Å². The molecule has 27 heavy (non-hydrogen) atoms. The van der Waals surface area contributed by atoms with Gasteiger partial charge in [0.2, 0.25) is 0 Å². The molecule has 0 spiro atoms. The van der Waals surface area contributed by atoms with Gasteiger partial charge >= 0.3 is 0 Å². The van der Waals surface area contributed by atoms with Gasteiger partial charge in [-0.15, -0.1) is 0 Å². The highest BCUT2D eigenvalue weighted by Gasteiger charge is 2.12. The zero-order valence-corrected chi connectivity index (χ0v) is 16.3. The van der Waals surface area contributed by atoms with Gasteiger partial charge in [0, 0.05) is 18.3 Å². The SMILES string of the molecule is Cc1ccc(OCCN(C)C(=O)c2ccc(-n3nc(C)cc3C)cc2)cc1. The predicted octanol–water partition coefficient (Wildman–Crippen LogP) is 3.95. The molecule has 0 saturated carbocycles. The third-order valence-electron chi connectivity index (χ3n) is 4.43. The first-order chi connectivity index (χ1) is 12.9. The highest BCUT2D eigenvalue weighted by molar-refractivity contribution is 5.94. The number of rotatable bonds is 6. The van der Waals surface area contributed by atoms with E-state index in [0.717, 1.165) is 22.8 Å². The summed E-state index contributed by atoms with van der Waals surface area (Å²) in [6.07, 6.45) is 0. The van der Waals surface area contributed by atoms with Gasteiger partial charge in [0.25, 0.3) is 5.91 Å². The number of ether oxygens (including phenoxy) is 1. The summed E-state index contributed by atoms with van der Waals surface area (Å²) in [5, 5.41) is 4.47. The number of carbonyl (C=O) groups excluding carboxylic acids is 1. The normalized spacial score (nSPS) is 10.7. The molecule has 0 aliphatic heterocycles. The van der Waals surface area contributed by atoms with Gasteiger partial charge in [-0.25, -0.2) is 4.68 Å². The molecule has 140 valence electrons. The Hall–Kier alpha value is -3.08. The summed E-state index contributed by atoms with van der Waals surface area (Å²) >= 11 is 0. The molecule has 5 nitrogen and oxygen atoms in total. The van der Waals surface area contributed by atoms with E-state index in [-0.39, 0.29) is 5.91 Å². The molecule has 0 radical (unpaired) electrons. The Morgan fingerprint density at radius 1 is 1.04 bits per heavy atom. The van der Waals surface area contributed by atoms with Crippen LogP contribution in [0, 0.1) is 20.8 Å². The Balaban J connectivity index is 1.58. The number of amides is 1. The monoisotopic (exact) mass is 363 g/mol. The Morgan fingerprint density at radius 2 is 1.70 bits per heavy atom. The minimum absolute atomic E-state index is 0.0255. The lowest BCUT2D eigenvalue weighted by Gasteiger charge is -2.18. The molecule has 0 bridgehead atoms. The number of likely N-dealkylation sites (N-methyl/N-ethyl adjacent to an activating group) is 1. The van der Waals surface area contributed by atoms with Gasteiger partial charge < -0.3 is 9.64 Å². The minimum Gasteiger partial charge on any atom is -0.492 e. The summed E-state index contributed by atoms with van der Waals surface area (Å²) in [4.78, 5) is 14.3. The lowest BCUT2D eigenvalue weighted by atomic mass is 10.2. The standard InChI is InChI=1S/C22H25N3O2/c1-16-5-11-21(12-6-16)27-14-13-24(4)22(26)19-7-9-20(10-8-19)25-18(3)15-17(2)23-25/h5-12,15H,13-14H2,1-4H3. The molecule has 0 unspecified atom stereocenters. The Bertz CT molecular complexity index is 912. The van der Waals surface area contributed by atoms with Crippen molar-refractivity contribution in [3.63, 3.8) is 0 Å². The van der Waals surface area contributed by atoms with Crippen molar-refractivity contribution >= 4 is 5.91 Å². The Labute approximate surface area is 160 Å². The average molecular weight is 363 g/mol. The molecular weight excluding hydrogens is 338 g/mol. The van der Waals surface area contributed by atoms with Crippen LogP contribution in [0.4, 0.5) is 0 Å². The van der Waals surface area contributed by atoms with E-state index in [1.807, 2.05) is 80.1 Å². The molecule has 0 fully saturated rings. The number of aryl methyl sites for hydroxylation is 3. The third-order valence-corrected chi connectivity index (χ3v) is 4.43. The van der Waals surface area contributed by atoms with Crippen LogP contribution in [0.5, 0.6) is 5.75 Å². The van der Waals surface area contributed by atoms with E-state index in [0.29, 0.717) is 18.7 Å². The van der Waals surface area contributed by atoms with E-state index >= 15 is 0 Å². The molecule has 0 aliphatic carbocycles. The fourth-order valence-corrected chi connectivity index (χ4v) is 2.89. The smallest absolute Gasteiger partial charge is 0.253 e. The zero-order chi connectivity index (χ0) is 19.4. The van der Waals surface area contributed by atoms with Gasteiger partial charge in [-0.3, -0.25) is 4.79 Å². The second kappa shape index (κ2) is 8.08. The summed E-state index contributed by atoms with van der Waals surface area (Å²) in [6.45, 7) is 6.99. The molecule has 1 amide bonds. The first-order valence-electron chi connectivity index (χ1n) is 9.02.